The smallest absolute Gasteiger partial charge is 0.234 e. The zero-order valence-electron chi connectivity index (χ0n) is 18.3. The summed E-state index contributed by atoms with van der Waals surface area (Å²) >= 11 is 1.38. The molecule has 4 rings (SSSR count). The van der Waals surface area contributed by atoms with Crippen LogP contribution in [0.4, 0.5) is 11.4 Å². The molecule has 1 fully saturated rings. The summed E-state index contributed by atoms with van der Waals surface area (Å²) in [5.41, 5.74) is 5.49. The number of rotatable bonds is 6. The Bertz CT molecular complexity index is 1040. The third-order valence-corrected chi connectivity index (χ3v) is 6.86. The third-order valence-electron chi connectivity index (χ3n) is 5.92. The first-order chi connectivity index (χ1) is 15.0. The molecule has 0 aliphatic carbocycles. The molecule has 1 aromatic heterocycles. The Labute approximate surface area is 188 Å². The highest BCUT2D eigenvalue weighted by molar-refractivity contribution is 7.99. The van der Waals surface area contributed by atoms with Crippen molar-refractivity contribution in [1.29, 1.82) is 0 Å². The summed E-state index contributed by atoms with van der Waals surface area (Å²) in [4.78, 5) is 14.9. The maximum Gasteiger partial charge on any atom is 0.234 e. The number of aromatic nitrogens is 3. The summed E-state index contributed by atoms with van der Waals surface area (Å²) < 4.78 is 1.92. The monoisotopic (exact) mass is 435 g/mol. The summed E-state index contributed by atoms with van der Waals surface area (Å²) in [7, 11) is 0. The lowest BCUT2D eigenvalue weighted by molar-refractivity contribution is -0.113. The second kappa shape index (κ2) is 9.56. The van der Waals surface area contributed by atoms with E-state index in [1.807, 2.05) is 22.8 Å². The fourth-order valence-electron chi connectivity index (χ4n) is 3.72. The molecule has 1 aliphatic heterocycles. The zero-order chi connectivity index (χ0) is 21.8. The van der Waals surface area contributed by atoms with E-state index in [9.17, 15) is 4.79 Å². The Hall–Kier alpha value is -2.80. The number of aryl methyl sites for hydroxylation is 2. The van der Waals surface area contributed by atoms with E-state index in [0.717, 1.165) is 30.4 Å². The van der Waals surface area contributed by atoms with Gasteiger partial charge in [-0.1, -0.05) is 24.8 Å². The molecule has 1 amide bonds. The minimum Gasteiger partial charge on any atom is -0.372 e. The molecule has 7 heteroatoms. The minimum absolute atomic E-state index is 0.0563. The van der Waals surface area contributed by atoms with Crippen LogP contribution in [-0.2, 0) is 4.79 Å². The normalized spacial score (nSPS) is 14.6. The largest absolute Gasteiger partial charge is 0.372 e. The second-order valence-electron chi connectivity index (χ2n) is 8.31. The predicted octanol–water partition coefficient (Wildman–Crippen LogP) is 4.85. The van der Waals surface area contributed by atoms with Gasteiger partial charge in [-0.2, -0.15) is 0 Å². The lowest BCUT2D eigenvalue weighted by Gasteiger charge is -2.32. The number of hydrogen-bond acceptors (Lipinski definition) is 5. The topological polar surface area (TPSA) is 63.1 Å². The molecule has 0 saturated carbocycles. The SMILES string of the molecule is Cc1ccc(-n2cnnc2SCC(=O)Nc2ccc(N3CCC(C)CC3)cc2)cc1C. The van der Waals surface area contributed by atoms with Crippen LogP contribution in [0.1, 0.15) is 30.9 Å². The van der Waals surface area contributed by atoms with Crippen molar-refractivity contribution < 1.29 is 4.79 Å². The van der Waals surface area contributed by atoms with Gasteiger partial charge in [0.2, 0.25) is 5.91 Å². The first-order valence-corrected chi connectivity index (χ1v) is 11.7. The van der Waals surface area contributed by atoms with E-state index in [0.29, 0.717) is 5.16 Å². The summed E-state index contributed by atoms with van der Waals surface area (Å²) in [6, 6.07) is 14.4. The van der Waals surface area contributed by atoms with Crippen molar-refractivity contribution in [2.24, 2.45) is 5.92 Å². The maximum atomic E-state index is 12.5. The van der Waals surface area contributed by atoms with Crippen molar-refractivity contribution in [2.75, 3.05) is 29.1 Å². The number of nitrogens with one attached hydrogen (secondary N) is 1. The van der Waals surface area contributed by atoms with E-state index in [1.54, 1.807) is 6.33 Å². The van der Waals surface area contributed by atoms with E-state index >= 15 is 0 Å². The maximum absolute atomic E-state index is 12.5. The van der Waals surface area contributed by atoms with E-state index in [2.05, 4.69) is 65.5 Å². The summed E-state index contributed by atoms with van der Waals surface area (Å²) in [6.07, 6.45) is 4.16. The molecule has 6 nitrogen and oxygen atoms in total. The van der Waals surface area contributed by atoms with Crippen LogP contribution in [0.15, 0.2) is 53.9 Å². The van der Waals surface area contributed by atoms with Crippen LogP contribution >= 0.6 is 11.8 Å². The van der Waals surface area contributed by atoms with Gasteiger partial charge in [-0.15, -0.1) is 10.2 Å². The van der Waals surface area contributed by atoms with E-state index < -0.39 is 0 Å². The average Bonchev–Trinajstić information content (AvgIpc) is 3.24. The number of anilines is 2. The average molecular weight is 436 g/mol. The second-order valence-corrected chi connectivity index (χ2v) is 9.25. The van der Waals surface area contributed by atoms with Gasteiger partial charge in [0, 0.05) is 30.2 Å². The van der Waals surface area contributed by atoms with Gasteiger partial charge in [0.25, 0.3) is 0 Å². The molecule has 1 N–H and O–H groups in total. The van der Waals surface area contributed by atoms with Gasteiger partial charge >= 0.3 is 0 Å². The van der Waals surface area contributed by atoms with Crippen LogP contribution in [0, 0.1) is 19.8 Å². The van der Waals surface area contributed by atoms with Crippen molar-refractivity contribution in [1.82, 2.24) is 14.8 Å². The number of carbonyl (C=O) groups is 1. The summed E-state index contributed by atoms with van der Waals surface area (Å²) in [5, 5.41) is 11.9. The highest BCUT2D eigenvalue weighted by Gasteiger charge is 2.16. The molecule has 0 unspecified atom stereocenters. The van der Waals surface area contributed by atoms with Gasteiger partial charge in [0.15, 0.2) is 5.16 Å². The number of hydrogen-bond donors (Lipinski definition) is 1. The molecular formula is C24H29N5OS. The van der Waals surface area contributed by atoms with E-state index in [1.165, 1.54) is 41.4 Å². The molecule has 0 radical (unpaired) electrons. The number of benzene rings is 2. The van der Waals surface area contributed by atoms with Gasteiger partial charge in [0.05, 0.1) is 5.75 Å². The highest BCUT2D eigenvalue weighted by Crippen LogP contribution is 2.25. The van der Waals surface area contributed by atoms with Crippen LogP contribution in [0.2, 0.25) is 0 Å². The van der Waals surface area contributed by atoms with Crippen molar-refractivity contribution in [3.05, 3.63) is 59.9 Å². The molecule has 1 aliphatic rings. The van der Waals surface area contributed by atoms with Gasteiger partial charge < -0.3 is 10.2 Å². The van der Waals surface area contributed by atoms with Gasteiger partial charge in [-0.25, -0.2) is 0 Å². The first kappa shape index (κ1) is 21.4. The highest BCUT2D eigenvalue weighted by atomic mass is 32.2. The molecule has 31 heavy (non-hydrogen) atoms. The Balaban J connectivity index is 1.33. The van der Waals surface area contributed by atoms with Gasteiger partial charge in [-0.05, 0) is 80.1 Å². The first-order valence-electron chi connectivity index (χ1n) is 10.7. The van der Waals surface area contributed by atoms with Crippen molar-refractivity contribution in [3.63, 3.8) is 0 Å². The molecule has 1 saturated heterocycles. The number of carbonyl (C=O) groups excluding carboxylic acids is 1. The van der Waals surface area contributed by atoms with Gasteiger partial charge in [-0.3, -0.25) is 9.36 Å². The Morgan fingerprint density at radius 1 is 1.06 bits per heavy atom. The number of thioether (sulfide) groups is 1. The van der Waals surface area contributed by atoms with Crippen LogP contribution < -0.4 is 10.2 Å². The van der Waals surface area contributed by atoms with Crippen LogP contribution in [0.25, 0.3) is 5.69 Å². The van der Waals surface area contributed by atoms with E-state index in [4.69, 9.17) is 0 Å². The molecule has 3 aromatic rings. The quantitative estimate of drug-likeness (QED) is 0.561. The van der Waals surface area contributed by atoms with Crippen LogP contribution in [0.5, 0.6) is 0 Å². The third kappa shape index (κ3) is 5.28. The van der Waals surface area contributed by atoms with E-state index in [-0.39, 0.29) is 11.7 Å². The minimum atomic E-state index is -0.0563. The molecule has 0 bridgehead atoms. The molecular weight excluding hydrogens is 406 g/mol. The predicted molar refractivity (Wildman–Crippen MR) is 127 cm³/mol. The Morgan fingerprint density at radius 2 is 1.77 bits per heavy atom. The van der Waals surface area contributed by atoms with Crippen molar-refractivity contribution >= 4 is 29.0 Å². The molecule has 2 aromatic carbocycles. The molecule has 0 atom stereocenters. The molecule has 2 heterocycles. The zero-order valence-corrected chi connectivity index (χ0v) is 19.2. The lowest BCUT2D eigenvalue weighted by Crippen LogP contribution is -2.32. The van der Waals surface area contributed by atoms with Crippen molar-refractivity contribution in [2.45, 2.75) is 38.8 Å². The van der Waals surface area contributed by atoms with Crippen LogP contribution in [0.3, 0.4) is 0 Å². The standard InChI is InChI=1S/C24H29N5OS/c1-17-10-12-28(13-11-17)21-8-5-20(6-9-21)26-23(30)15-31-24-27-25-16-29(24)22-7-4-18(2)19(3)14-22/h4-9,14,16-17H,10-13,15H2,1-3H3,(H,26,30). The van der Waals surface area contributed by atoms with Crippen LogP contribution in [-0.4, -0.2) is 39.5 Å². The summed E-state index contributed by atoms with van der Waals surface area (Å²) in [5.74, 6) is 1.03. The number of nitrogens with zero attached hydrogens (tertiary/aromatic N) is 4. The molecule has 162 valence electrons. The number of amides is 1. The summed E-state index contributed by atoms with van der Waals surface area (Å²) in [6.45, 7) is 8.69. The Morgan fingerprint density at radius 3 is 2.48 bits per heavy atom. The van der Waals surface area contributed by atoms with Crippen molar-refractivity contribution in [3.8, 4) is 5.69 Å². The molecule has 0 spiro atoms. The Kier molecular flexibility index (Phi) is 6.61. The lowest BCUT2D eigenvalue weighted by atomic mass is 9.99. The number of piperidine rings is 1. The fraction of sp³-hybridized carbons (Fsp3) is 0.375. The fourth-order valence-corrected chi connectivity index (χ4v) is 4.45. The van der Waals surface area contributed by atoms with Gasteiger partial charge in [0.1, 0.15) is 6.33 Å².